The fourth-order valence-electron chi connectivity index (χ4n) is 3.24. The van der Waals surface area contributed by atoms with Gasteiger partial charge in [-0.3, -0.25) is 9.10 Å². The zero-order chi connectivity index (χ0) is 21.2. The first-order chi connectivity index (χ1) is 12.9. The van der Waals surface area contributed by atoms with Gasteiger partial charge in [-0.25, -0.2) is 8.42 Å². The fourth-order valence-corrected chi connectivity index (χ4v) is 4.63. The molecular formula is C21H27ClN2O3S. The lowest BCUT2D eigenvalue weighted by molar-refractivity contribution is -0.122. The minimum absolute atomic E-state index is 0.253. The molecule has 2 atom stereocenters. The molecule has 0 spiro atoms. The van der Waals surface area contributed by atoms with Crippen LogP contribution in [0.3, 0.4) is 0 Å². The monoisotopic (exact) mass is 422 g/mol. The van der Waals surface area contributed by atoms with Crippen molar-refractivity contribution in [1.29, 1.82) is 0 Å². The first kappa shape index (κ1) is 22.2. The molecule has 0 saturated heterocycles. The Labute approximate surface area is 172 Å². The second kappa shape index (κ2) is 8.53. The van der Waals surface area contributed by atoms with Crippen molar-refractivity contribution in [2.75, 3.05) is 10.6 Å². The predicted octanol–water partition coefficient (Wildman–Crippen LogP) is 4.30. The number of nitrogens with one attached hydrogen (secondary N) is 1. The van der Waals surface area contributed by atoms with Crippen LogP contribution < -0.4 is 9.62 Å². The molecule has 2 aromatic rings. The van der Waals surface area contributed by atoms with Crippen molar-refractivity contribution in [2.45, 2.75) is 46.7 Å². The van der Waals surface area contributed by atoms with Crippen molar-refractivity contribution < 1.29 is 13.2 Å². The summed E-state index contributed by atoms with van der Waals surface area (Å²) in [7, 11) is -3.70. The maximum absolute atomic E-state index is 12.9. The lowest BCUT2D eigenvalue weighted by atomic mass is 10.00. The van der Waals surface area contributed by atoms with Crippen LogP contribution >= 0.6 is 11.6 Å². The molecule has 2 aromatic carbocycles. The first-order valence-electron chi connectivity index (χ1n) is 9.05. The molecule has 0 unspecified atom stereocenters. The van der Waals surface area contributed by atoms with Crippen LogP contribution in [0.15, 0.2) is 36.4 Å². The Morgan fingerprint density at radius 2 is 1.64 bits per heavy atom. The Balaban J connectivity index is 2.34. The van der Waals surface area contributed by atoms with Gasteiger partial charge >= 0.3 is 0 Å². The van der Waals surface area contributed by atoms with Crippen LogP contribution in [-0.4, -0.2) is 26.6 Å². The summed E-state index contributed by atoms with van der Waals surface area (Å²) in [6, 6.07) is 9.86. The van der Waals surface area contributed by atoms with Gasteiger partial charge in [0.1, 0.15) is 6.04 Å². The first-order valence-corrected chi connectivity index (χ1v) is 11.3. The van der Waals surface area contributed by atoms with Gasteiger partial charge in [0.2, 0.25) is 15.9 Å². The summed E-state index contributed by atoms with van der Waals surface area (Å²) >= 11 is 6.07. The largest absolute Gasteiger partial charge is 0.348 e. The highest BCUT2D eigenvalue weighted by molar-refractivity contribution is 7.92. The number of hydrogen-bond acceptors (Lipinski definition) is 3. The topological polar surface area (TPSA) is 66.5 Å². The summed E-state index contributed by atoms with van der Waals surface area (Å²) < 4.78 is 26.1. The number of carbonyl (C=O) groups is 1. The van der Waals surface area contributed by atoms with E-state index in [-0.39, 0.29) is 11.9 Å². The molecular weight excluding hydrogens is 396 g/mol. The third kappa shape index (κ3) is 5.06. The summed E-state index contributed by atoms with van der Waals surface area (Å²) in [5, 5.41) is 3.35. The molecule has 0 aliphatic heterocycles. The van der Waals surface area contributed by atoms with Gasteiger partial charge in [-0.1, -0.05) is 41.4 Å². The highest BCUT2D eigenvalue weighted by atomic mass is 35.5. The van der Waals surface area contributed by atoms with Crippen molar-refractivity contribution in [2.24, 2.45) is 0 Å². The maximum atomic E-state index is 12.9. The second-order valence-corrected chi connectivity index (χ2v) is 9.55. The summed E-state index contributed by atoms with van der Waals surface area (Å²) in [6.45, 7) is 9.23. The Hall–Kier alpha value is -2.05. The van der Waals surface area contributed by atoms with Gasteiger partial charge in [-0.2, -0.15) is 0 Å². The number of amides is 1. The van der Waals surface area contributed by atoms with E-state index < -0.39 is 16.1 Å². The molecule has 28 heavy (non-hydrogen) atoms. The van der Waals surface area contributed by atoms with E-state index in [1.54, 1.807) is 32.0 Å². The Bertz CT molecular complexity index is 989. The van der Waals surface area contributed by atoms with Crippen LogP contribution in [0.25, 0.3) is 0 Å². The molecule has 2 rings (SSSR count). The molecule has 0 saturated carbocycles. The van der Waals surface area contributed by atoms with Crippen molar-refractivity contribution >= 4 is 33.2 Å². The molecule has 0 fully saturated rings. The number of hydrogen-bond donors (Lipinski definition) is 1. The number of benzene rings is 2. The van der Waals surface area contributed by atoms with E-state index in [1.807, 2.05) is 39.0 Å². The molecule has 5 nitrogen and oxygen atoms in total. The van der Waals surface area contributed by atoms with Crippen LogP contribution in [0.5, 0.6) is 0 Å². The van der Waals surface area contributed by atoms with Gasteiger partial charge in [0.15, 0.2) is 0 Å². The lowest BCUT2D eigenvalue weighted by Gasteiger charge is -2.30. The number of carbonyl (C=O) groups excluding carboxylic acids is 1. The third-order valence-corrected chi connectivity index (χ3v) is 6.22. The normalized spacial score (nSPS) is 13.7. The quantitative estimate of drug-likeness (QED) is 0.754. The zero-order valence-electron chi connectivity index (χ0n) is 17.1. The Morgan fingerprint density at radius 3 is 2.25 bits per heavy atom. The van der Waals surface area contributed by atoms with Crippen LogP contribution in [0.2, 0.25) is 5.02 Å². The van der Waals surface area contributed by atoms with Gasteiger partial charge in [-0.15, -0.1) is 0 Å². The molecule has 0 aliphatic rings. The van der Waals surface area contributed by atoms with E-state index in [1.165, 1.54) is 0 Å². The highest BCUT2D eigenvalue weighted by Crippen LogP contribution is 2.28. The van der Waals surface area contributed by atoms with Crippen LogP contribution in [-0.2, 0) is 14.8 Å². The Kier molecular flexibility index (Phi) is 6.78. The van der Waals surface area contributed by atoms with Gasteiger partial charge in [0.25, 0.3) is 0 Å². The highest BCUT2D eigenvalue weighted by Gasteiger charge is 2.31. The van der Waals surface area contributed by atoms with E-state index in [4.69, 9.17) is 11.6 Å². The molecule has 152 valence electrons. The van der Waals surface area contributed by atoms with E-state index >= 15 is 0 Å². The summed E-state index contributed by atoms with van der Waals surface area (Å²) in [5.74, 6) is -0.377. The molecule has 1 N–H and O–H groups in total. The van der Waals surface area contributed by atoms with Crippen molar-refractivity contribution in [3.63, 3.8) is 0 Å². The molecule has 0 bridgehead atoms. The van der Waals surface area contributed by atoms with Gasteiger partial charge in [-0.05, 0) is 63.4 Å². The third-order valence-electron chi connectivity index (χ3n) is 4.76. The maximum Gasteiger partial charge on any atom is 0.244 e. The zero-order valence-corrected chi connectivity index (χ0v) is 18.6. The minimum Gasteiger partial charge on any atom is -0.348 e. The van der Waals surface area contributed by atoms with Crippen molar-refractivity contribution in [3.8, 4) is 0 Å². The van der Waals surface area contributed by atoms with Crippen LogP contribution in [0.1, 0.15) is 42.1 Å². The van der Waals surface area contributed by atoms with Crippen LogP contribution in [0, 0.1) is 20.8 Å². The molecule has 0 aromatic heterocycles. The van der Waals surface area contributed by atoms with Gasteiger partial charge in [0.05, 0.1) is 18.0 Å². The van der Waals surface area contributed by atoms with E-state index in [0.717, 1.165) is 32.8 Å². The average Bonchev–Trinajstić information content (AvgIpc) is 2.58. The number of anilines is 1. The lowest BCUT2D eigenvalue weighted by Crippen LogP contribution is -2.48. The summed E-state index contributed by atoms with van der Waals surface area (Å²) in [5.41, 5.74) is 4.29. The number of aryl methyl sites for hydroxylation is 3. The predicted molar refractivity (Wildman–Crippen MR) is 115 cm³/mol. The van der Waals surface area contributed by atoms with Crippen molar-refractivity contribution in [3.05, 3.63) is 63.7 Å². The smallest absolute Gasteiger partial charge is 0.244 e. The van der Waals surface area contributed by atoms with Crippen molar-refractivity contribution in [1.82, 2.24) is 5.32 Å². The minimum atomic E-state index is -3.70. The SMILES string of the molecule is Cc1ccc(C)c([C@@H](C)NC(=O)[C@H](C)N(c2cc(Cl)ccc2C)S(C)(=O)=O)c1. The molecule has 0 radical (unpaired) electrons. The number of nitrogens with zero attached hydrogens (tertiary/aromatic N) is 1. The van der Waals surface area contributed by atoms with Gasteiger partial charge < -0.3 is 5.32 Å². The van der Waals surface area contributed by atoms with Crippen LogP contribution in [0.4, 0.5) is 5.69 Å². The number of halogens is 1. The second-order valence-electron chi connectivity index (χ2n) is 7.26. The van der Waals surface area contributed by atoms with E-state index in [9.17, 15) is 13.2 Å². The van der Waals surface area contributed by atoms with E-state index in [2.05, 4.69) is 5.32 Å². The Morgan fingerprint density at radius 1 is 1.04 bits per heavy atom. The standard InChI is InChI=1S/C21H27ClN2O3S/c1-13-7-8-14(2)19(11-13)16(4)23-21(25)17(5)24(28(6,26)27)20-12-18(22)10-9-15(20)3/h7-12,16-17H,1-6H3,(H,23,25)/t16-,17+/m1/s1. The fraction of sp³-hybridized carbons (Fsp3) is 0.381. The number of rotatable bonds is 6. The number of sulfonamides is 1. The molecule has 0 heterocycles. The molecule has 0 aliphatic carbocycles. The average molecular weight is 423 g/mol. The van der Waals surface area contributed by atoms with E-state index in [0.29, 0.717) is 10.7 Å². The summed E-state index contributed by atoms with van der Waals surface area (Å²) in [6.07, 6.45) is 1.09. The summed E-state index contributed by atoms with van der Waals surface area (Å²) in [4.78, 5) is 12.9. The molecule has 1 amide bonds. The molecule has 7 heteroatoms. The van der Waals surface area contributed by atoms with Gasteiger partial charge in [0, 0.05) is 5.02 Å².